The molecule has 0 bridgehead atoms. The van der Waals surface area contributed by atoms with Crippen LogP contribution in [0.2, 0.25) is 0 Å². The second-order valence-corrected chi connectivity index (χ2v) is 3.06. The van der Waals surface area contributed by atoms with Gasteiger partial charge in [-0.1, -0.05) is 60.7 Å². The van der Waals surface area contributed by atoms with E-state index in [1.165, 1.54) is 0 Å². The molecule has 2 aromatic rings. The van der Waals surface area contributed by atoms with Crippen LogP contribution >= 0.6 is 0 Å². The first kappa shape index (κ1) is 16.1. The summed E-state index contributed by atoms with van der Waals surface area (Å²) in [5.74, 6) is 0.0752. The molecule has 0 heterocycles. The first-order chi connectivity index (χ1) is 6.88. The zero-order chi connectivity index (χ0) is 9.80. The quantitative estimate of drug-likeness (QED) is 0.394. The van der Waals surface area contributed by atoms with Crippen molar-refractivity contribution in [2.45, 2.75) is 0 Å². The molecular weight excluding hydrogens is 218 g/mol. The molecule has 0 N–H and O–H groups in total. The van der Waals surface area contributed by atoms with Crippen LogP contribution < -0.4 is 59.1 Å². The Bertz CT molecular complexity index is 385. The van der Waals surface area contributed by atoms with E-state index in [2.05, 4.69) is 0 Å². The normalized spacial score (nSPS) is 8.50. The topological polar surface area (TPSA) is 17.1 Å². The van der Waals surface area contributed by atoms with Crippen molar-refractivity contribution in [3.63, 3.8) is 0 Å². The molecule has 2 aromatic carbocycles. The number of carbonyl (C=O) groups is 1. The Morgan fingerprint density at radius 1 is 0.625 bits per heavy atom. The zero-order valence-electron chi connectivity index (χ0n) is 9.68. The fourth-order valence-corrected chi connectivity index (χ4v) is 1.35. The predicted octanol–water partition coefficient (Wildman–Crippen LogP) is -3.07. The van der Waals surface area contributed by atoms with Gasteiger partial charge < -0.3 is 0 Å². The van der Waals surface area contributed by atoms with Crippen molar-refractivity contribution in [3.05, 3.63) is 71.8 Å². The summed E-state index contributed by atoms with van der Waals surface area (Å²) >= 11 is 0. The van der Waals surface area contributed by atoms with Gasteiger partial charge in [-0.2, -0.15) is 0 Å². The first-order valence-corrected chi connectivity index (χ1v) is 4.53. The third-order valence-corrected chi connectivity index (χ3v) is 2.07. The Morgan fingerprint density at radius 2 is 0.938 bits per heavy atom. The Kier molecular flexibility index (Phi) is 8.29. The predicted molar refractivity (Wildman–Crippen MR) is 56.3 cm³/mol. The van der Waals surface area contributed by atoms with E-state index in [1.54, 1.807) is 0 Å². The number of rotatable bonds is 2. The van der Waals surface area contributed by atoms with Crippen LogP contribution in [0.15, 0.2) is 60.7 Å². The largest absolute Gasteiger partial charge is 1.00 e. The molecular formula is C13H10Na2O+2. The molecule has 0 fully saturated rings. The van der Waals surface area contributed by atoms with E-state index < -0.39 is 0 Å². The van der Waals surface area contributed by atoms with Crippen LogP contribution in [0.25, 0.3) is 0 Å². The van der Waals surface area contributed by atoms with Crippen molar-refractivity contribution in [1.29, 1.82) is 0 Å². The van der Waals surface area contributed by atoms with E-state index in [0.29, 0.717) is 0 Å². The van der Waals surface area contributed by atoms with Crippen LogP contribution in [-0.4, -0.2) is 5.78 Å². The molecule has 2 rings (SSSR count). The molecule has 0 aromatic heterocycles. The molecule has 16 heavy (non-hydrogen) atoms. The van der Waals surface area contributed by atoms with Crippen molar-refractivity contribution in [3.8, 4) is 0 Å². The minimum atomic E-state index is 0. The Balaban J connectivity index is 0.00000112. The average Bonchev–Trinajstić information content (AvgIpc) is 2.30. The summed E-state index contributed by atoms with van der Waals surface area (Å²) in [4.78, 5) is 11.8. The van der Waals surface area contributed by atoms with Gasteiger partial charge in [0.05, 0.1) is 0 Å². The summed E-state index contributed by atoms with van der Waals surface area (Å²) in [5, 5.41) is 0. The van der Waals surface area contributed by atoms with Crippen LogP contribution in [0.1, 0.15) is 15.9 Å². The molecule has 0 atom stereocenters. The van der Waals surface area contributed by atoms with Crippen LogP contribution in [-0.2, 0) is 0 Å². The Hall–Kier alpha value is 0.110. The van der Waals surface area contributed by atoms with Gasteiger partial charge in [-0.05, 0) is 0 Å². The van der Waals surface area contributed by atoms with Gasteiger partial charge in [0.15, 0.2) is 5.78 Å². The SMILES string of the molecule is O=C(c1ccccc1)c1ccccc1.[Na+].[Na+]. The zero-order valence-corrected chi connectivity index (χ0v) is 13.7. The molecule has 0 saturated carbocycles. The maximum atomic E-state index is 11.8. The maximum absolute atomic E-state index is 11.8. The van der Waals surface area contributed by atoms with Crippen molar-refractivity contribution in [2.75, 3.05) is 0 Å². The molecule has 0 amide bonds. The second-order valence-electron chi connectivity index (χ2n) is 3.06. The van der Waals surface area contributed by atoms with E-state index in [1.807, 2.05) is 60.7 Å². The van der Waals surface area contributed by atoms with Gasteiger partial charge >= 0.3 is 59.1 Å². The van der Waals surface area contributed by atoms with Crippen molar-refractivity contribution < 1.29 is 63.9 Å². The van der Waals surface area contributed by atoms with Gasteiger partial charge in [-0.15, -0.1) is 0 Å². The summed E-state index contributed by atoms with van der Waals surface area (Å²) in [6.07, 6.45) is 0. The van der Waals surface area contributed by atoms with Gasteiger partial charge in [-0.3, -0.25) is 4.79 Å². The first-order valence-electron chi connectivity index (χ1n) is 4.53. The van der Waals surface area contributed by atoms with Gasteiger partial charge in [0, 0.05) is 11.1 Å². The fraction of sp³-hybridized carbons (Fsp3) is 0. The molecule has 0 aliphatic carbocycles. The van der Waals surface area contributed by atoms with Crippen LogP contribution in [0.3, 0.4) is 0 Å². The third kappa shape index (κ3) is 4.17. The van der Waals surface area contributed by atoms with Gasteiger partial charge in [0.1, 0.15) is 0 Å². The molecule has 0 saturated heterocycles. The molecule has 0 spiro atoms. The smallest absolute Gasteiger partial charge is 0.289 e. The van der Waals surface area contributed by atoms with E-state index in [4.69, 9.17) is 0 Å². The van der Waals surface area contributed by atoms with Gasteiger partial charge in [-0.25, -0.2) is 0 Å². The maximum Gasteiger partial charge on any atom is 1.00 e. The van der Waals surface area contributed by atoms with Crippen LogP contribution in [0, 0.1) is 0 Å². The standard InChI is InChI=1S/C13H10O.2Na/c14-13(11-7-3-1-4-8-11)12-9-5-2-6-10-12;;/h1-10H;;/q;2*+1. The van der Waals surface area contributed by atoms with E-state index >= 15 is 0 Å². The Morgan fingerprint density at radius 3 is 1.25 bits per heavy atom. The summed E-state index contributed by atoms with van der Waals surface area (Å²) in [6, 6.07) is 18.6. The minimum absolute atomic E-state index is 0. The second kappa shape index (κ2) is 8.24. The van der Waals surface area contributed by atoms with E-state index in [9.17, 15) is 4.79 Å². The average molecular weight is 228 g/mol. The van der Waals surface area contributed by atoms with Gasteiger partial charge in [0.25, 0.3) is 0 Å². The van der Waals surface area contributed by atoms with Crippen LogP contribution in [0.4, 0.5) is 0 Å². The van der Waals surface area contributed by atoms with E-state index in [-0.39, 0.29) is 64.9 Å². The number of ketones is 1. The minimum Gasteiger partial charge on any atom is -0.289 e. The van der Waals surface area contributed by atoms with Gasteiger partial charge in [0.2, 0.25) is 0 Å². The monoisotopic (exact) mass is 228 g/mol. The summed E-state index contributed by atoms with van der Waals surface area (Å²) < 4.78 is 0. The summed E-state index contributed by atoms with van der Waals surface area (Å²) in [7, 11) is 0. The van der Waals surface area contributed by atoms with Crippen molar-refractivity contribution in [2.24, 2.45) is 0 Å². The number of benzene rings is 2. The summed E-state index contributed by atoms with van der Waals surface area (Å²) in [5.41, 5.74) is 1.47. The van der Waals surface area contributed by atoms with Crippen LogP contribution in [0.5, 0.6) is 0 Å². The molecule has 0 unspecified atom stereocenters. The molecule has 68 valence electrons. The molecule has 0 aliphatic rings. The fourth-order valence-electron chi connectivity index (χ4n) is 1.35. The molecule has 0 aliphatic heterocycles. The van der Waals surface area contributed by atoms with E-state index in [0.717, 1.165) is 11.1 Å². The number of hydrogen-bond donors (Lipinski definition) is 0. The molecule has 0 radical (unpaired) electrons. The summed E-state index contributed by atoms with van der Waals surface area (Å²) in [6.45, 7) is 0. The van der Waals surface area contributed by atoms with Crippen molar-refractivity contribution in [1.82, 2.24) is 0 Å². The number of hydrogen-bond acceptors (Lipinski definition) is 1. The van der Waals surface area contributed by atoms with Crippen molar-refractivity contribution >= 4 is 5.78 Å². The Labute approximate surface area is 140 Å². The third-order valence-electron chi connectivity index (χ3n) is 2.07. The molecule has 1 nitrogen and oxygen atoms in total. The molecule has 3 heteroatoms. The number of carbonyl (C=O) groups excluding carboxylic acids is 1.